The van der Waals surface area contributed by atoms with Gasteiger partial charge in [-0.2, -0.15) is 9.61 Å². The van der Waals surface area contributed by atoms with Gasteiger partial charge in [0.25, 0.3) is 0 Å². The molecule has 9 heteroatoms. The van der Waals surface area contributed by atoms with E-state index < -0.39 is 0 Å². The lowest BCUT2D eigenvalue weighted by atomic mass is 9.96. The first-order valence-electron chi connectivity index (χ1n) is 12.5. The Balaban J connectivity index is 1.18. The molecule has 5 rings (SSSR count). The molecule has 4 heterocycles. The van der Waals surface area contributed by atoms with Crippen LogP contribution in [0.1, 0.15) is 25.0 Å². The molecule has 1 N–H and O–H groups in total. The van der Waals surface area contributed by atoms with E-state index in [1.54, 1.807) is 0 Å². The number of benzene rings is 1. The van der Waals surface area contributed by atoms with E-state index in [2.05, 4.69) is 26.2 Å². The van der Waals surface area contributed by atoms with Crippen molar-refractivity contribution in [1.29, 1.82) is 0 Å². The van der Waals surface area contributed by atoms with Gasteiger partial charge in [0.1, 0.15) is 5.82 Å². The minimum atomic E-state index is 0.0651. The van der Waals surface area contributed by atoms with Crippen molar-refractivity contribution in [2.75, 3.05) is 57.4 Å². The Morgan fingerprint density at radius 3 is 2.60 bits per heavy atom. The number of hydrogen-bond donors (Lipinski definition) is 1. The van der Waals surface area contributed by atoms with Gasteiger partial charge in [0.05, 0.1) is 18.9 Å². The van der Waals surface area contributed by atoms with Gasteiger partial charge in [-0.1, -0.05) is 23.7 Å². The first-order valence-corrected chi connectivity index (χ1v) is 12.9. The zero-order valence-corrected chi connectivity index (χ0v) is 21.0. The number of carbonyl (C=O) groups excluding carboxylic acids is 1. The summed E-state index contributed by atoms with van der Waals surface area (Å²) < 4.78 is 7.31. The lowest BCUT2D eigenvalue weighted by Crippen LogP contribution is -2.42. The number of hydrogen-bond acceptors (Lipinski definition) is 6. The van der Waals surface area contributed by atoms with Crippen molar-refractivity contribution < 1.29 is 9.53 Å². The molecule has 35 heavy (non-hydrogen) atoms. The predicted molar refractivity (Wildman–Crippen MR) is 138 cm³/mol. The third kappa shape index (κ3) is 5.77. The molecule has 8 nitrogen and oxygen atoms in total. The van der Waals surface area contributed by atoms with E-state index in [-0.39, 0.29) is 11.8 Å². The number of fused-ring (bicyclic) bond motifs is 1. The van der Waals surface area contributed by atoms with E-state index in [1.165, 1.54) is 0 Å². The van der Waals surface area contributed by atoms with Crippen LogP contribution in [0.5, 0.6) is 0 Å². The van der Waals surface area contributed by atoms with Crippen LogP contribution in [-0.2, 0) is 9.53 Å². The first-order chi connectivity index (χ1) is 17.1. The highest BCUT2D eigenvalue weighted by atomic mass is 35.5. The van der Waals surface area contributed by atoms with Crippen LogP contribution in [0.3, 0.4) is 0 Å². The summed E-state index contributed by atoms with van der Waals surface area (Å²) in [4.78, 5) is 22.2. The second kappa shape index (κ2) is 10.9. The van der Waals surface area contributed by atoms with Crippen molar-refractivity contribution in [3.05, 3.63) is 47.1 Å². The van der Waals surface area contributed by atoms with E-state index in [0.717, 1.165) is 100 Å². The fraction of sp³-hybridized carbons (Fsp3) is 0.500. The number of morpholine rings is 1. The summed E-state index contributed by atoms with van der Waals surface area (Å²) in [5.74, 6) is 1.28. The summed E-state index contributed by atoms with van der Waals surface area (Å²) >= 11 is 6.05. The molecule has 1 amide bonds. The average Bonchev–Trinajstić information content (AvgIpc) is 3.31. The highest BCUT2D eigenvalue weighted by Crippen LogP contribution is 2.27. The van der Waals surface area contributed by atoms with Gasteiger partial charge in [0, 0.05) is 67.1 Å². The molecule has 186 valence electrons. The van der Waals surface area contributed by atoms with Crippen molar-refractivity contribution >= 4 is 29.0 Å². The quantitative estimate of drug-likeness (QED) is 0.505. The monoisotopic (exact) mass is 496 g/mol. The normalized spacial score (nSPS) is 17.7. The number of rotatable bonds is 7. The summed E-state index contributed by atoms with van der Waals surface area (Å²) in [5.41, 5.74) is 3.65. The van der Waals surface area contributed by atoms with E-state index >= 15 is 0 Å². The van der Waals surface area contributed by atoms with E-state index in [9.17, 15) is 4.79 Å². The standard InChI is InChI=1S/C26H33ClN6O2/c1-19-17-25(33-24(29-19)18-23(30-33)20-3-5-22(27)6-4-20)32-11-7-21(8-12-32)26(34)28-9-2-10-31-13-15-35-16-14-31/h3-6,17-18,21H,2,7-16H2,1H3,(H,28,34). The predicted octanol–water partition coefficient (Wildman–Crippen LogP) is 3.41. The van der Waals surface area contributed by atoms with Crippen LogP contribution in [0.2, 0.25) is 5.02 Å². The fourth-order valence-corrected chi connectivity index (χ4v) is 5.05. The largest absolute Gasteiger partial charge is 0.379 e. The van der Waals surface area contributed by atoms with E-state index in [4.69, 9.17) is 21.4 Å². The molecular formula is C26H33ClN6O2. The van der Waals surface area contributed by atoms with Gasteiger partial charge >= 0.3 is 0 Å². The van der Waals surface area contributed by atoms with Crippen molar-refractivity contribution in [2.45, 2.75) is 26.2 Å². The summed E-state index contributed by atoms with van der Waals surface area (Å²) in [5, 5.41) is 8.71. The minimum Gasteiger partial charge on any atom is -0.379 e. The SMILES string of the molecule is Cc1cc(N2CCC(C(=O)NCCCN3CCOCC3)CC2)n2nc(-c3ccc(Cl)cc3)cc2n1. The fourth-order valence-electron chi connectivity index (χ4n) is 4.92. The molecule has 2 fully saturated rings. The molecule has 2 aliphatic heterocycles. The van der Waals surface area contributed by atoms with E-state index in [0.29, 0.717) is 5.02 Å². The van der Waals surface area contributed by atoms with Crippen molar-refractivity contribution in [1.82, 2.24) is 24.8 Å². The maximum absolute atomic E-state index is 12.7. The number of amides is 1. The lowest BCUT2D eigenvalue weighted by molar-refractivity contribution is -0.125. The van der Waals surface area contributed by atoms with Gasteiger partial charge in [-0.25, -0.2) is 4.98 Å². The number of ether oxygens (including phenoxy) is 1. The Morgan fingerprint density at radius 1 is 1.11 bits per heavy atom. The van der Waals surface area contributed by atoms with Crippen LogP contribution < -0.4 is 10.2 Å². The molecule has 3 aromatic rings. The summed E-state index contributed by atoms with van der Waals surface area (Å²) in [7, 11) is 0. The Morgan fingerprint density at radius 2 is 1.86 bits per heavy atom. The molecular weight excluding hydrogens is 464 g/mol. The van der Waals surface area contributed by atoms with Crippen LogP contribution in [-0.4, -0.2) is 77.9 Å². The zero-order chi connectivity index (χ0) is 24.2. The highest BCUT2D eigenvalue weighted by molar-refractivity contribution is 6.30. The number of piperidine rings is 1. The van der Waals surface area contributed by atoms with Crippen molar-refractivity contribution in [2.24, 2.45) is 5.92 Å². The number of anilines is 1. The molecule has 0 atom stereocenters. The van der Waals surface area contributed by atoms with Crippen LogP contribution in [0, 0.1) is 12.8 Å². The number of halogens is 1. The van der Waals surface area contributed by atoms with Gasteiger partial charge in [0.15, 0.2) is 5.65 Å². The summed E-state index contributed by atoms with van der Waals surface area (Å²) in [6.07, 6.45) is 2.65. The Kier molecular flexibility index (Phi) is 7.51. The van der Waals surface area contributed by atoms with Gasteiger partial charge in [-0.05, 0) is 44.9 Å². The molecule has 1 aromatic carbocycles. The topological polar surface area (TPSA) is 75.0 Å². The average molecular weight is 497 g/mol. The molecule has 0 radical (unpaired) electrons. The van der Waals surface area contributed by atoms with Crippen molar-refractivity contribution in [3.8, 4) is 11.3 Å². The van der Waals surface area contributed by atoms with Gasteiger partial charge < -0.3 is 15.0 Å². The first kappa shape index (κ1) is 24.0. The maximum Gasteiger partial charge on any atom is 0.223 e. The molecule has 0 saturated carbocycles. The van der Waals surface area contributed by atoms with Gasteiger partial charge in [-0.3, -0.25) is 9.69 Å². The van der Waals surface area contributed by atoms with Crippen molar-refractivity contribution in [3.63, 3.8) is 0 Å². The van der Waals surface area contributed by atoms with Crippen LogP contribution in [0.4, 0.5) is 5.82 Å². The maximum atomic E-state index is 12.7. The van der Waals surface area contributed by atoms with Gasteiger partial charge in [-0.15, -0.1) is 0 Å². The molecule has 2 aliphatic rings. The summed E-state index contributed by atoms with van der Waals surface area (Å²) in [6, 6.07) is 11.8. The lowest BCUT2D eigenvalue weighted by Gasteiger charge is -2.33. The van der Waals surface area contributed by atoms with Crippen LogP contribution >= 0.6 is 11.6 Å². The molecule has 0 aliphatic carbocycles. The van der Waals surface area contributed by atoms with E-state index in [1.807, 2.05) is 41.8 Å². The minimum absolute atomic E-state index is 0.0651. The third-order valence-electron chi connectivity index (χ3n) is 6.92. The molecule has 2 saturated heterocycles. The number of nitrogens with zero attached hydrogens (tertiary/aromatic N) is 5. The third-order valence-corrected chi connectivity index (χ3v) is 7.17. The highest BCUT2D eigenvalue weighted by Gasteiger charge is 2.26. The Labute approximate surface area is 211 Å². The van der Waals surface area contributed by atoms with Gasteiger partial charge in [0.2, 0.25) is 5.91 Å². The molecule has 0 bridgehead atoms. The van der Waals surface area contributed by atoms with Crippen LogP contribution in [0.15, 0.2) is 36.4 Å². The smallest absolute Gasteiger partial charge is 0.223 e. The molecule has 0 unspecified atom stereocenters. The number of aryl methyl sites for hydroxylation is 1. The number of aromatic nitrogens is 3. The second-order valence-electron chi connectivity index (χ2n) is 9.42. The molecule has 0 spiro atoms. The number of carbonyl (C=O) groups is 1. The van der Waals surface area contributed by atoms with Crippen LogP contribution in [0.25, 0.3) is 16.9 Å². The Hall–Kier alpha value is -2.68. The zero-order valence-electron chi connectivity index (χ0n) is 20.3. The Bertz CT molecular complexity index is 1150. The second-order valence-corrected chi connectivity index (χ2v) is 9.86. The number of nitrogens with one attached hydrogen (secondary N) is 1. The summed E-state index contributed by atoms with van der Waals surface area (Å²) in [6.45, 7) is 9.01. The molecule has 2 aromatic heterocycles.